The van der Waals surface area contributed by atoms with Crippen molar-refractivity contribution in [3.63, 3.8) is 0 Å². The second-order valence-electron chi connectivity index (χ2n) is 6.68. The number of methoxy groups -OCH3 is 1. The van der Waals surface area contributed by atoms with E-state index in [9.17, 15) is 13.6 Å². The van der Waals surface area contributed by atoms with Crippen molar-refractivity contribution in [3.05, 3.63) is 5.82 Å². The summed E-state index contributed by atoms with van der Waals surface area (Å²) < 4.78 is 35.8. The van der Waals surface area contributed by atoms with Crippen molar-refractivity contribution in [1.29, 1.82) is 0 Å². The van der Waals surface area contributed by atoms with E-state index in [0.29, 0.717) is 13.0 Å². The van der Waals surface area contributed by atoms with Crippen molar-refractivity contribution in [2.45, 2.75) is 38.0 Å². The number of aromatic nitrogens is 2. The molecule has 0 spiro atoms. The molecule has 0 radical (unpaired) electrons. The number of halogens is 2. The quantitative estimate of drug-likeness (QED) is 0.791. The van der Waals surface area contributed by atoms with E-state index in [4.69, 9.17) is 4.74 Å². The molecule has 0 atom stereocenters. The fourth-order valence-electron chi connectivity index (χ4n) is 3.30. The number of anilines is 1. The molecule has 0 unspecified atom stereocenters. The molecule has 25 heavy (non-hydrogen) atoms. The van der Waals surface area contributed by atoms with Gasteiger partial charge in [0.2, 0.25) is 11.0 Å². The summed E-state index contributed by atoms with van der Waals surface area (Å²) in [4.78, 5) is 20.8. The number of rotatable bonds is 5. The molecule has 0 aliphatic carbocycles. The van der Waals surface area contributed by atoms with Gasteiger partial charge in [0.1, 0.15) is 5.82 Å². The Labute approximate surface area is 150 Å². The molecule has 0 N–H and O–H groups in total. The number of alkyl halides is 2. The van der Waals surface area contributed by atoms with Crippen LogP contribution < -0.4 is 4.90 Å². The van der Waals surface area contributed by atoms with Crippen LogP contribution in [0.1, 0.15) is 31.5 Å². The van der Waals surface area contributed by atoms with E-state index < -0.39 is 5.92 Å². The second kappa shape index (κ2) is 7.90. The van der Waals surface area contributed by atoms with Crippen molar-refractivity contribution in [2.24, 2.45) is 5.92 Å². The summed E-state index contributed by atoms with van der Waals surface area (Å²) in [5.74, 6) is -1.86. The molecule has 2 fully saturated rings. The zero-order valence-electron chi connectivity index (χ0n) is 14.4. The van der Waals surface area contributed by atoms with E-state index in [0.717, 1.165) is 36.9 Å². The minimum Gasteiger partial charge on any atom is -0.384 e. The van der Waals surface area contributed by atoms with Crippen LogP contribution in [0.15, 0.2) is 0 Å². The highest BCUT2D eigenvalue weighted by Crippen LogP contribution is 2.30. The first-order valence-corrected chi connectivity index (χ1v) is 9.49. The highest BCUT2D eigenvalue weighted by molar-refractivity contribution is 7.09. The van der Waals surface area contributed by atoms with E-state index in [2.05, 4.69) is 14.3 Å². The van der Waals surface area contributed by atoms with E-state index in [1.165, 1.54) is 11.5 Å². The maximum atomic E-state index is 13.2. The van der Waals surface area contributed by atoms with Crippen LogP contribution in [0.25, 0.3) is 0 Å². The Morgan fingerprint density at radius 1 is 1.28 bits per heavy atom. The van der Waals surface area contributed by atoms with Crippen LogP contribution in [0.5, 0.6) is 0 Å². The Bertz CT molecular complexity index is 580. The van der Waals surface area contributed by atoms with Gasteiger partial charge in [-0.2, -0.15) is 4.37 Å². The number of ether oxygens (including phenoxy) is 1. The van der Waals surface area contributed by atoms with Crippen LogP contribution in [0.2, 0.25) is 0 Å². The SMILES string of the molecule is COCCc1nsc(N2CCC(C(=O)N3CCC(F)(F)CC3)CC2)n1. The number of likely N-dealkylation sites (tertiary alicyclic amines) is 1. The molecule has 0 saturated carbocycles. The van der Waals surface area contributed by atoms with Crippen molar-refractivity contribution >= 4 is 22.6 Å². The van der Waals surface area contributed by atoms with Crippen LogP contribution in [0.4, 0.5) is 13.9 Å². The van der Waals surface area contributed by atoms with Gasteiger partial charge in [0.05, 0.1) is 6.61 Å². The van der Waals surface area contributed by atoms with Crippen LogP contribution >= 0.6 is 11.5 Å². The molecule has 9 heteroatoms. The lowest BCUT2D eigenvalue weighted by Crippen LogP contribution is -2.47. The van der Waals surface area contributed by atoms with Crippen molar-refractivity contribution in [2.75, 3.05) is 44.8 Å². The van der Waals surface area contributed by atoms with Crippen LogP contribution in [0.3, 0.4) is 0 Å². The standard InChI is InChI=1S/C16H24F2N4O2S/c1-24-11-4-13-19-15(25-20-13)22-7-2-12(3-8-22)14(23)21-9-5-16(17,18)6-10-21/h12H,2-11H2,1H3. The topological polar surface area (TPSA) is 58.6 Å². The summed E-state index contributed by atoms with van der Waals surface area (Å²) in [7, 11) is 1.65. The van der Waals surface area contributed by atoms with Gasteiger partial charge in [0, 0.05) is 70.0 Å². The second-order valence-corrected chi connectivity index (χ2v) is 7.41. The molecule has 140 valence electrons. The van der Waals surface area contributed by atoms with Crippen LogP contribution in [-0.4, -0.2) is 66.0 Å². The molecule has 2 saturated heterocycles. The fourth-order valence-corrected chi connectivity index (χ4v) is 4.06. The summed E-state index contributed by atoms with van der Waals surface area (Å²) in [5, 5.41) is 0.884. The fraction of sp³-hybridized carbons (Fsp3) is 0.812. The number of amides is 1. The predicted molar refractivity (Wildman–Crippen MR) is 91.2 cm³/mol. The van der Waals surface area contributed by atoms with Gasteiger partial charge < -0.3 is 14.5 Å². The number of hydrogen-bond donors (Lipinski definition) is 0. The summed E-state index contributed by atoms with van der Waals surface area (Å²) in [6.07, 6.45) is 1.73. The smallest absolute Gasteiger partial charge is 0.251 e. The number of carbonyl (C=O) groups is 1. The summed E-state index contributed by atoms with van der Waals surface area (Å²) in [5.41, 5.74) is 0. The zero-order valence-corrected chi connectivity index (χ0v) is 15.2. The number of hydrogen-bond acceptors (Lipinski definition) is 6. The third-order valence-corrected chi connectivity index (χ3v) is 5.72. The molecule has 0 aromatic carbocycles. The molecule has 1 amide bonds. The van der Waals surface area contributed by atoms with Gasteiger partial charge in [-0.15, -0.1) is 0 Å². The lowest BCUT2D eigenvalue weighted by Gasteiger charge is -2.37. The lowest BCUT2D eigenvalue weighted by molar-refractivity contribution is -0.142. The average molecular weight is 374 g/mol. The summed E-state index contributed by atoms with van der Waals surface area (Å²) in [6.45, 7) is 2.44. The van der Waals surface area contributed by atoms with Gasteiger partial charge in [-0.25, -0.2) is 13.8 Å². The Hall–Kier alpha value is -1.35. The first-order valence-electron chi connectivity index (χ1n) is 8.71. The number of carbonyl (C=O) groups excluding carboxylic acids is 1. The minimum absolute atomic E-state index is 0.0354. The highest BCUT2D eigenvalue weighted by atomic mass is 32.1. The van der Waals surface area contributed by atoms with Gasteiger partial charge in [0.15, 0.2) is 0 Å². The summed E-state index contributed by atoms with van der Waals surface area (Å²) >= 11 is 1.37. The highest BCUT2D eigenvalue weighted by Gasteiger charge is 2.38. The molecule has 3 rings (SSSR count). The molecule has 2 aliphatic heterocycles. The molecule has 3 heterocycles. The Morgan fingerprint density at radius 3 is 2.60 bits per heavy atom. The number of nitrogens with zero attached hydrogens (tertiary/aromatic N) is 4. The van der Waals surface area contributed by atoms with Gasteiger partial charge in [0.25, 0.3) is 5.92 Å². The first-order chi connectivity index (χ1) is 12.0. The van der Waals surface area contributed by atoms with Gasteiger partial charge in [-0.05, 0) is 12.8 Å². The maximum Gasteiger partial charge on any atom is 0.251 e. The molecule has 1 aromatic heterocycles. The largest absolute Gasteiger partial charge is 0.384 e. The number of piperidine rings is 2. The normalized spacial score (nSPS) is 21.6. The average Bonchev–Trinajstić information content (AvgIpc) is 3.08. The molecular formula is C16H24F2N4O2S. The van der Waals surface area contributed by atoms with Gasteiger partial charge in [-0.3, -0.25) is 4.79 Å². The third kappa shape index (κ3) is 4.63. The van der Waals surface area contributed by atoms with Crippen LogP contribution in [0, 0.1) is 5.92 Å². The van der Waals surface area contributed by atoms with Crippen molar-refractivity contribution < 1.29 is 18.3 Å². The first kappa shape index (κ1) is 18.4. The minimum atomic E-state index is -2.61. The zero-order chi connectivity index (χ0) is 17.9. The molecule has 0 bridgehead atoms. The van der Waals surface area contributed by atoms with E-state index in [1.54, 1.807) is 12.0 Å². The van der Waals surface area contributed by atoms with Crippen molar-refractivity contribution in [3.8, 4) is 0 Å². The molecule has 6 nitrogen and oxygen atoms in total. The van der Waals surface area contributed by atoms with Crippen LogP contribution in [-0.2, 0) is 16.0 Å². The van der Waals surface area contributed by atoms with Gasteiger partial charge in [-0.1, -0.05) is 0 Å². The van der Waals surface area contributed by atoms with E-state index >= 15 is 0 Å². The predicted octanol–water partition coefficient (Wildman–Crippen LogP) is 2.20. The Balaban J connectivity index is 1.48. The Morgan fingerprint density at radius 2 is 1.96 bits per heavy atom. The third-order valence-electron chi connectivity index (χ3n) is 4.91. The summed E-state index contributed by atoms with van der Waals surface area (Å²) in [6, 6.07) is 0. The van der Waals surface area contributed by atoms with E-state index in [1.807, 2.05) is 0 Å². The maximum absolute atomic E-state index is 13.2. The molecular weight excluding hydrogens is 350 g/mol. The lowest BCUT2D eigenvalue weighted by atomic mass is 9.94. The van der Waals surface area contributed by atoms with Gasteiger partial charge >= 0.3 is 0 Å². The van der Waals surface area contributed by atoms with Crippen molar-refractivity contribution in [1.82, 2.24) is 14.3 Å². The van der Waals surface area contributed by atoms with E-state index in [-0.39, 0.29) is 37.8 Å². The monoisotopic (exact) mass is 374 g/mol. The molecule has 2 aliphatic rings. The molecule has 1 aromatic rings. The Kier molecular flexibility index (Phi) is 5.83.